The lowest BCUT2D eigenvalue weighted by Crippen LogP contribution is -2.17. The number of thiol groups is 1. The first-order valence-electron chi connectivity index (χ1n) is 9.61. The van der Waals surface area contributed by atoms with Crippen molar-refractivity contribution in [2.75, 3.05) is 36.3 Å². The van der Waals surface area contributed by atoms with Crippen molar-refractivity contribution >= 4 is 37.3 Å². The van der Waals surface area contributed by atoms with Gasteiger partial charge in [0.05, 0.1) is 24.2 Å². The Morgan fingerprint density at radius 2 is 1.97 bits per heavy atom. The van der Waals surface area contributed by atoms with E-state index >= 15 is 0 Å². The number of nitrogens with two attached hydrogens (primary N) is 2. The monoisotopic (exact) mass is 453 g/mol. The molecule has 0 saturated heterocycles. The Morgan fingerprint density at radius 3 is 2.53 bits per heavy atom. The van der Waals surface area contributed by atoms with E-state index in [0.717, 1.165) is 16.0 Å². The minimum Gasteiger partial charge on any atom is -0.481 e. The van der Waals surface area contributed by atoms with Crippen LogP contribution >= 0.6 is 10.9 Å². The lowest BCUT2D eigenvalue weighted by Gasteiger charge is -2.23. The van der Waals surface area contributed by atoms with Gasteiger partial charge >= 0.3 is 0 Å². The highest BCUT2D eigenvalue weighted by atomic mass is 32.2. The molecule has 8 nitrogen and oxygen atoms in total. The summed E-state index contributed by atoms with van der Waals surface area (Å²) in [5, 5.41) is 0.665. The highest BCUT2D eigenvalue weighted by Crippen LogP contribution is 2.47. The molecule has 0 bridgehead atoms. The summed E-state index contributed by atoms with van der Waals surface area (Å²) in [5.74, 6) is 0.508. The van der Waals surface area contributed by atoms with Crippen LogP contribution in [0.3, 0.4) is 0 Å². The largest absolute Gasteiger partial charge is 0.481 e. The van der Waals surface area contributed by atoms with Crippen LogP contribution in [0.2, 0.25) is 0 Å². The molecule has 0 spiro atoms. The van der Waals surface area contributed by atoms with Crippen LogP contribution in [0.1, 0.15) is 43.0 Å². The van der Waals surface area contributed by atoms with Gasteiger partial charge in [-0.05, 0) is 30.6 Å². The molecular weight excluding hydrogens is 422 g/mol. The van der Waals surface area contributed by atoms with Crippen molar-refractivity contribution in [3.05, 3.63) is 35.7 Å². The van der Waals surface area contributed by atoms with E-state index in [2.05, 4.69) is 21.5 Å². The number of anilines is 2. The van der Waals surface area contributed by atoms with Gasteiger partial charge in [-0.15, -0.1) is 0 Å². The van der Waals surface area contributed by atoms with Gasteiger partial charge in [0.1, 0.15) is 5.03 Å². The normalized spacial score (nSPS) is 14.2. The zero-order chi connectivity index (χ0) is 22.6. The highest BCUT2D eigenvalue weighted by molar-refractivity contribution is 8.24. The van der Waals surface area contributed by atoms with Gasteiger partial charge in [0.25, 0.3) is 0 Å². The first-order valence-corrected chi connectivity index (χ1v) is 13.2. The molecule has 0 aliphatic heterocycles. The molecule has 0 aromatic carbocycles. The average molecular weight is 454 g/mol. The maximum Gasteiger partial charge on any atom is 0.221 e. The van der Waals surface area contributed by atoms with Crippen LogP contribution in [0.5, 0.6) is 5.88 Å². The van der Waals surface area contributed by atoms with Crippen molar-refractivity contribution in [3.8, 4) is 5.88 Å². The molecule has 2 aromatic rings. The number of nitrogens with zero attached hydrogens (tertiary/aromatic N) is 3. The topological polar surface area (TPSA) is 134 Å². The highest BCUT2D eigenvalue weighted by Gasteiger charge is 2.24. The Kier molecular flexibility index (Phi) is 7.70. The third-order valence-electron chi connectivity index (χ3n) is 5.09. The smallest absolute Gasteiger partial charge is 0.221 e. The second-order valence-corrected chi connectivity index (χ2v) is 11.5. The lowest BCUT2D eigenvalue weighted by molar-refractivity contribution is 0.388. The fourth-order valence-electron chi connectivity index (χ4n) is 3.11. The average Bonchev–Trinajstić information content (AvgIpc) is 2.73. The quantitative estimate of drug-likeness (QED) is 0.390. The lowest BCUT2D eigenvalue weighted by atomic mass is 9.98. The molecule has 2 unspecified atom stereocenters. The first kappa shape index (κ1) is 23.9. The standard InChI is InChI=1S/C20H31N5O3S2/c1-7-14(11-30(26,27)8-2)16-9-15(10-23-18(16)28-5)13(4)29(6)19-17(21)12(3)24-20(22)25-19/h9-10,14,29H,4,7-8,11,21H2,1-3,5-6H3,(H2,22,24,25). The Balaban J connectivity index is 2.48. The number of aromatic nitrogens is 3. The Hall–Kier alpha value is -2.33. The summed E-state index contributed by atoms with van der Waals surface area (Å²) in [6.45, 7) is 9.64. The SMILES string of the molecule is C=C(c1cnc(OC)c(C(CC)CS(=O)(=O)CC)c1)[SH](C)c1nc(N)nc(C)c1N. The summed E-state index contributed by atoms with van der Waals surface area (Å²) in [7, 11) is -2.63. The second-order valence-electron chi connectivity index (χ2n) is 7.04. The van der Waals surface area contributed by atoms with Gasteiger partial charge in [-0.1, -0.05) is 20.4 Å². The fourth-order valence-corrected chi connectivity index (χ4v) is 5.91. The van der Waals surface area contributed by atoms with Gasteiger partial charge in [0.2, 0.25) is 11.8 Å². The molecule has 0 fully saturated rings. The molecule has 2 aromatic heterocycles. The van der Waals surface area contributed by atoms with Gasteiger partial charge in [-0.2, -0.15) is 10.9 Å². The zero-order valence-electron chi connectivity index (χ0n) is 18.1. The van der Waals surface area contributed by atoms with E-state index in [1.807, 2.05) is 19.2 Å². The molecule has 10 heteroatoms. The molecule has 0 saturated carbocycles. The minimum atomic E-state index is -3.16. The van der Waals surface area contributed by atoms with Crippen molar-refractivity contribution in [1.82, 2.24) is 15.0 Å². The van der Waals surface area contributed by atoms with Crippen LogP contribution in [0.15, 0.2) is 23.9 Å². The van der Waals surface area contributed by atoms with E-state index in [1.54, 1.807) is 20.0 Å². The molecule has 4 N–H and O–H groups in total. The minimum absolute atomic E-state index is 0.0451. The third kappa shape index (κ3) is 5.23. The van der Waals surface area contributed by atoms with Crippen LogP contribution < -0.4 is 16.2 Å². The van der Waals surface area contributed by atoms with Gasteiger partial charge < -0.3 is 16.2 Å². The first-order chi connectivity index (χ1) is 14.0. The predicted molar refractivity (Wildman–Crippen MR) is 126 cm³/mol. The number of ether oxygens (including phenoxy) is 1. The number of nitrogen functional groups attached to an aromatic ring is 2. The number of methoxy groups -OCH3 is 1. The fraction of sp³-hybridized carbons (Fsp3) is 0.450. The van der Waals surface area contributed by atoms with Crippen LogP contribution in [0, 0.1) is 6.92 Å². The summed E-state index contributed by atoms with van der Waals surface area (Å²) in [6, 6.07) is 1.92. The number of sulfone groups is 1. The van der Waals surface area contributed by atoms with E-state index in [1.165, 1.54) is 7.11 Å². The van der Waals surface area contributed by atoms with Gasteiger partial charge in [-0.25, -0.2) is 23.4 Å². The van der Waals surface area contributed by atoms with Crippen LogP contribution in [-0.4, -0.2) is 48.2 Å². The van der Waals surface area contributed by atoms with Crippen LogP contribution in [0.4, 0.5) is 11.6 Å². The molecule has 2 heterocycles. The molecule has 0 aliphatic rings. The van der Waals surface area contributed by atoms with E-state index in [-0.39, 0.29) is 23.4 Å². The van der Waals surface area contributed by atoms with Crippen LogP contribution in [-0.2, 0) is 9.84 Å². The summed E-state index contributed by atoms with van der Waals surface area (Å²) in [6.07, 6.45) is 4.32. The van der Waals surface area contributed by atoms with Crippen LogP contribution in [0.25, 0.3) is 4.91 Å². The molecule has 30 heavy (non-hydrogen) atoms. The number of aryl methyl sites for hydroxylation is 1. The third-order valence-corrected chi connectivity index (χ3v) is 8.92. The second kappa shape index (κ2) is 9.65. The summed E-state index contributed by atoms with van der Waals surface area (Å²) >= 11 is 0. The van der Waals surface area contributed by atoms with E-state index < -0.39 is 20.7 Å². The molecule has 2 rings (SSSR count). The molecule has 0 amide bonds. The Labute approximate surface area is 181 Å². The van der Waals surface area contributed by atoms with E-state index in [9.17, 15) is 8.42 Å². The van der Waals surface area contributed by atoms with Gasteiger partial charge in [-0.3, -0.25) is 0 Å². The van der Waals surface area contributed by atoms with Gasteiger partial charge in [0.15, 0.2) is 9.84 Å². The molecule has 2 atom stereocenters. The maximum atomic E-state index is 12.2. The Bertz CT molecular complexity index is 1040. The summed E-state index contributed by atoms with van der Waals surface area (Å²) < 4.78 is 29.9. The van der Waals surface area contributed by atoms with Crippen molar-refractivity contribution in [2.45, 2.75) is 38.1 Å². The molecule has 166 valence electrons. The molecule has 0 aliphatic carbocycles. The Morgan fingerprint density at radius 1 is 1.30 bits per heavy atom. The molecule has 0 radical (unpaired) electrons. The number of hydrogen-bond acceptors (Lipinski definition) is 8. The summed E-state index contributed by atoms with van der Waals surface area (Å²) in [5.41, 5.74) is 14.7. The number of rotatable bonds is 9. The van der Waals surface area contributed by atoms with E-state index in [4.69, 9.17) is 16.2 Å². The summed E-state index contributed by atoms with van der Waals surface area (Å²) in [4.78, 5) is 13.7. The van der Waals surface area contributed by atoms with Crippen molar-refractivity contribution in [3.63, 3.8) is 0 Å². The zero-order valence-corrected chi connectivity index (χ0v) is 19.8. The van der Waals surface area contributed by atoms with E-state index in [0.29, 0.717) is 28.7 Å². The van der Waals surface area contributed by atoms with Crippen molar-refractivity contribution in [2.24, 2.45) is 0 Å². The van der Waals surface area contributed by atoms with Crippen molar-refractivity contribution < 1.29 is 13.2 Å². The number of pyridine rings is 1. The van der Waals surface area contributed by atoms with Gasteiger partial charge in [0, 0.05) is 29.0 Å². The predicted octanol–water partition coefficient (Wildman–Crippen LogP) is 2.94. The molecular formula is C20H31N5O3S2. The van der Waals surface area contributed by atoms with Crippen molar-refractivity contribution in [1.29, 1.82) is 0 Å². The number of hydrogen-bond donors (Lipinski definition) is 3. The maximum absolute atomic E-state index is 12.2.